The van der Waals surface area contributed by atoms with Crippen molar-refractivity contribution >= 4 is 15.7 Å². The van der Waals surface area contributed by atoms with Crippen molar-refractivity contribution in [1.29, 1.82) is 0 Å². The van der Waals surface area contributed by atoms with E-state index in [0.29, 0.717) is 18.7 Å². The smallest absolute Gasteiger partial charge is 0.341 e. The number of benzene rings is 2. The second-order valence-electron chi connectivity index (χ2n) is 6.83. The van der Waals surface area contributed by atoms with E-state index < -0.39 is 38.5 Å². The number of alkyl halides is 3. The van der Waals surface area contributed by atoms with Gasteiger partial charge in [-0.15, -0.1) is 0 Å². The van der Waals surface area contributed by atoms with Gasteiger partial charge < -0.3 is 4.90 Å². The molecule has 1 saturated heterocycles. The van der Waals surface area contributed by atoms with Crippen molar-refractivity contribution in [3.63, 3.8) is 0 Å². The number of likely N-dealkylation sites (tertiary alicyclic amines) is 1. The van der Waals surface area contributed by atoms with Crippen LogP contribution in [0.2, 0.25) is 0 Å². The molecule has 0 radical (unpaired) electrons. The van der Waals surface area contributed by atoms with E-state index in [1.165, 1.54) is 17.0 Å². The molecule has 1 amide bonds. The van der Waals surface area contributed by atoms with Crippen LogP contribution in [0, 0.1) is 0 Å². The number of sulfone groups is 1. The maximum atomic E-state index is 13.1. The molecule has 0 saturated carbocycles. The molecule has 8 heteroatoms. The molecular formula is C20H20F3NO3S. The second-order valence-corrected chi connectivity index (χ2v) is 8.91. The third-order valence-corrected chi connectivity index (χ3v) is 6.65. The van der Waals surface area contributed by atoms with E-state index >= 15 is 0 Å². The summed E-state index contributed by atoms with van der Waals surface area (Å²) in [4.78, 5) is 14.5. The van der Waals surface area contributed by atoms with Gasteiger partial charge in [0.25, 0.3) is 0 Å². The zero-order valence-corrected chi connectivity index (χ0v) is 15.8. The maximum absolute atomic E-state index is 13.1. The van der Waals surface area contributed by atoms with Crippen molar-refractivity contribution in [3.05, 3.63) is 71.3 Å². The molecule has 1 aliphatic heterocycles. The van der Waals surface area contributed by atoms with Crippen molar-refractivity contribution in [2.45, 2.75) is 30.0 Å². The summed E-state index contributed by atoms with van der Waals surface area (Å²) in [7, 11) is -4.09. The molecule has 0 aromatic heterocycles. The fraction of sp³-hybridized carbons (Fsp3) is 0.350. The first-order chi connectivity index (χ1) is 13.2. The van der Waals surface area contributed by atoms with Gasteiger partial charge in [0.15, 0.2) is 15.1 Å². The van der Waals surface area contributed by atoms with Gasteiger partial charge in [0.05, 0.1) is 11.3 Å². The third-order valence-electron chi connectivity index (χ3n) is 4.73. The Balaban J connectivity index is 1.96. The normalized spacial score (nSPS) is 16.2. The molecular weight excluding hydrogens is 391 g/mol. The Bertz CT molecular complexity index is 937. The summed E-state index contributed by atoms with van der Waals surface area (Å²) in [5, 5.41) is -1.43. The molecule has 28 heavy (non-hydrogen) atoms. The summed E-state index contributed by atoms with van der Waals surface area (Å²) in [5.74, 6) is -1.16. The summed E-state index contributed by atoms with van der Waals surface area (Å²) in [5.41, 5.74) is -0.585. The number of amides is 1. The molecule has 0 N–H and O–H groups in total. The summed E-state index contributed by atoms with van der Waals surface area (Å²) < 4.78 is 65.1. The lowest BCUT2D eigenvalue weighted by molar-refractivity contribution is -0.137. The molecule has 150 valence electrons. The first-order valence-corrected chi connectivity index (χ1v) is 10.6. The molecule has 1 aliphatic rings. The number of hydrogen-bond donors (Lipinski definition) is 0. The first-order valence-electron chi connectivity index (χ1n) is 8.90. The topological polar surface area (TPSA) is 54.5 Å². The maximum Gasteiger partial charge on any atom is 0.416 e. The van der Waals surface area contributed by atoms with E-state index in [4.69, 9.17) is 0 Å². The van der Waals surface area contributed by atoms with Gasteiger partial charge >= 0.3 is 6.18 Å². The van der Waals surface area contributed by atoms with Crippen LogP contribution in [0.1, 0.15) is 34.8 Å². The van der Waals surface area contributed by atoms with Gasteiger partial charge in [0.1, 0.15) is 0 Å². The number of rotatable bonds is 5. The van der Waals surface area contributed by atoms with Gasteiger partial charge in [-0.2, -0.15) is 13.2 Å². The van der Waals surface area contributed by atoms with Crippen LogP contribution in [-0.4, -0.2) is 32.3 Å². The van der Waals surface area contributed by atoms with Crippen LogP contribution in [0.4, 0.5) is 13.2 Å². The molecule has 1 atom stereocenters. The lowest BCUT2D eigenvalue weighted by Crippen LogP contribution is -2.36. The Labute approximate surface area is 161 Å². The van der Waals surface area contributed by atoms with Crippen molar-refractivity contribution < 1.29 is 26.4 Å². The standard InChI is InChI=1S/C20H20F3NO3S/c21-20(22,23)17-10-6-7-15(13-17)14-28(26,27)18(16-8-2-1-3-9-16)19(25)24-11-4-5-12-24/h1-3,6-10,13,18H,4-5,11-12,14H2. The Kier molecular flexibility index (Phi) is 5.79. The first kappa shape index (κ1) is 20.4. The quantitative estimate of drug-likeness (QED) is 0.748. The molecule has 1 fully saturated rings. The minimum absolute atomic E-state index is 0.00461. The highest BCUT2D eigenvalue weighted by Gasteiger charge is 2.38. The van der Waals surface area contributed by atoms with Gasteiger partial charge in [0, 0.05) is 13.1 Å². The van der Waals surface area contributed by atoms with Gasteiger partial charge in [-0.1, -0.05) is 48.5 Å². The number of nitrogens with zero attached hydrogens (tertiary/aromatic N) is 1. The lowest BCUT2D eigenvalue weighted by atomic mass is 10.1. The predicted molar refractivity (Wildman–Crippen MR) is 99.1 cm³/mol. The molecule has 1 unspecified atom stereocenters. The SMILES string of the molecule is O=C(C(c1ccccc1)S(=O)(=O)Cc1cccc(C(F)(F)F)c1)N1CCCC1. The minimum Gasteiger partial charge on any atom is -0.341 e. The Morgan fingerprint density at radius 3 is 2.25 bits per heavy atom. The molecule has 0 aliphatic carbocycles. The number of halogens is 3. The van der Waals surface area contributed by atoms with E-state index in [2.05, 4.69) is 0 Å². The molecule has 0 bridgehead atoms. The van der Waals surface area contributed by atoms with Crippen molar-refractivity contribution in [1.82, 2.24) is 4.90 Å². The Morgan fingerprint density at radius 1 is 1.00 bits per heavy atom. The summed E-state index contributed by atoms with van der Waals surface area (Å²) in [6.07, 6.45) is -2.95. The van der Waals surface area contributed by atoms with Crippen molar-refractivity contribution in [3.8, 4) is 0 Å². The summed E-state index contributed by atoms with van der Waals surface area (Å²) in [6.45, 7) is 0.975. The van der Waals surface area contributed by atoms with Crippen LogP contribution in [0.15, 0.2) is 54.6 Å². The van der Waals surface area contributed by atoms with Gasteiger partial charge in [-0.25, -0.2) is 8.42 Å². The predicted octanol–water partition coefficient (Wildman–Crippen LogP) is 3.98. The second kappa shape index (κ2) is 7.95. The monoisotopic (exact) mass is 411 g/mol. The van der Waals surface area contributed by atoms with Gasteiger partial charge in [0.2, 0.25) is 5.91 Å². The highest BCUT2D eigenvalue weighted by atomic mass is 32.2. The summed E-state index contributed by atoms with van der Waals surface area (Å²) in [6, 6.07) is 12.3. The molecule has 1 heterocycles. The van der Waals surface area contributed by atoms with Crippen LogP contribution < -0.4 is 0 Å². The van der Waals surface area contributed by atoms with E-state index in [-0.39, 0.29) is 5.56 Å². The fourth-order valence-corrected chi connectivity index (χ4v) is 5.23. The zero-order chi connectivity index (χ0) is 20.4. The lowest BCUT2D eigenvalue weighted by Gasteiger charge is -2.24. The van der Waals surface area contributed by atoms with E-state index in [1.54, 1.807) is 30.3 Å². The van der Waals surface area contributed by atoms with E-state index in [9.17, 15) is 26.4 Å². The molecule has 3 rings (SSSR count). The highest BCUT2D eigenvalue weighted by molar-refractivity contribution is 7.91. The molecule has 0 spiro atoms. The molecule has 2 aromatic rings. The third kappa shape index (κ3) is 4.55. The summed E-state index contributed by atoms with van der Waals surface area (Å²) >= 11 is 0. The van der Waals surface area contributed by atoms with Crippen LogP contribution in [0.3, 0.4) is 0 Å². The van der Waals surface area contributed by atoms with Crippen LogP contribution in [0.25, 0.3) is 0 Å². The van der Waals surface area contributed by atoms with Crippen molar-refractivity contribution in [2.24, 2.45) is 0 Å². The Hall–Kier alpha value is -2.35. The molecule has 2 aromatic carbocycles. The van der Waals surface area contributed by atoms with E-state index in [1.807, 2.05) is 0 Å². The van der Waals surface area contributed by atoms with Crippen LogP contribution in [-0.2, 0) is 26.6 Å². The largest absolute Gasteiger partial charge is 0.416 e. The average Bonchev–Trinajstić information content (AvgIpc) is 3.16. The zero-order valence-electron chi connectivity index (χ0n) is 15.0. The number of carbonyl (C=O) groups excluding carboxylic acids is 1. The fourth-order valence-electron chi connectivity index (χ4n) is 3.39. The van der Waals surface area contributed by atoms with Gasteiger partial charge in [-0.05, 0) is 30.0 Å². The minimum atomic E-state index is -4.57. The van der Waals surface area contributed by atoms with Crippen LogP contribution in [0.5, 0.6) is 0 Å². The number of carbonyl (C=O) groups is 1. The Morgan fingerprint density at radius 2 is 1.64 bits per heavy atom. The van der Waals surface area contributed by atoms with E-state index in [0.717, 1.165) is 25.0 Å². The number of hydrogen-bond acceptors (Lipinski definition) is 3. The molecule has 4 nitrogen and oxygen atoms in total. The average molecular weight is 411 g/mol. The van der Waals surface area contributed by atoms with Gasteiger partial charge in [-0.3, -0.25) is 4.79 Å². The van der Waals surface area contributed by atoms with Crippen molar-refractivity contribution in [2.75, 3.05) is 13.1 Å². The highest BCUT2D eigenvalue weighted by Crippen LogP contribution is 2.32. The van der Waals surface area contributed by atoms with Crippen LogP contribution >= 0.6 is 0 Å².